The maximum atomic E-state index is 12.4. The van der Waals surface area contributed by atoms with Gasteiger partial charge in [0, 0.05) is 37.9 Å². The number of hydrogen-bond donors (Lipinski definition) is 0. The smallest absolute Gasteiger partial charge is 0.410 e. The van der Waals surface area contributed by atoms with Crippen LogP contribution in [0.25, 0.3) is 5.65 Å². The maximum Gasteiger partial charge on any atom is 0.410 e. The fourth-order valence-corrected chi connectivity index (χ4v) is 4.27. The summed E-state index contributed by atoms with van der Waals surface area (Å²) in [6.45, 7) is 8.93. The molecule has 8 nitrogen and oxygen atoms in total. The molecule has 1 spiro atoms. The standard InChI is InChI=1S/C20H27N5O3/c1-19(2,3)28-18(27)24-9-6-20(13-24)4-7-23(8-5-20)16-10-15(12-26)11-25-17(16)21-14-22-25/h10-12,14H,4-9,13H2,1-3H3. The van der Waals surface area contributed by atoms with Gasteiger partial charge in [0.15, 0.2) is 11.9 Å². The van der Waals surface area contributed by atoms with E-state index in [2.05, 4.69) is 15.0 Å². The second-order valence-electron chi connectivity index (χ2n) is 8.94. The summed E-state index contributed by atoms with van der Waals surface area (Å²) in [5, 5.41) is 4.17. The first kappa shape index (κ1) is 18.7. The van der Waals surface area contributed by atoms with Crippen molar-refractivity contribution in [1.29, 1.82) is 0 Å². The molecule has 2 aliphatic heterocycles. The van der Waals surface area contributed by atoms with Gasteiger partial charge in [-0.05, 0) is 51.5 Å². The molecule has 4 heterocycles. The van der Waals surface area contributed by atoms with E-state index in [-0.39, 0.29) is 11.5 Å². The van der Waals surface area contributed by atoms with Crippen molar-refractivity contribution in [3.63, 3.8) is 0 Å². The molecule has 0 unspecified atom stereocenters. The predicted molar refractivity (Wildman–Crippen MR) is 105 cm³/mol. The average molecular weight is 385 g/mol. The summed E-state index contributed by atoms with van der Waals surface area (Å²) in [5.74, 6) is 0. The highest BCUT2D eigenvalue weighted by Gasteiger charge is 2.43. The molecule has 0 aromatic carbocycles. The van der Waals surface area contributed by atoms with E-state index in [1.165, 1.54) is 6.33 Å². The van der Waals surface area contributed by atoms with Crippen LogP contribution in [0.1, 0.15) is 50.4 Å². The van der Waals surface area contributed by atoms with Crippen molar-refractivity contribution >= 4 is 23.7 Å². The molecule has 0 radical (unpaired) electrons. The largest absolute Gasteiger partial charge is 0.444 e. The van der Waals surface area contributed by atoms with Crippen LogP contribution < -0.4 is 4.90 Å². The lowest BCUT2D eigenvalue weighted by Gasteiger charge is -2.40. The molecule has 0 atom stereocenters. The number of nitrogens with zero attached hydrogens (tertiary/aromatic N) is 5. The Labute approximate surface area is 164 Å². The van der Waals surface area contributed by atoms with Gasteiger partial charge in [0.2, 0.25) is 0 Å². The number of rotatable bonds is 2. The molecular weight excluding hydrogens is 358 g/mol. The van der Waals surface area contributed by atoms with Gasteiger partial charge in [-0.15, -0.1) is 0 Å². The van der Waals surface area contributed by atoms with Crippen LogP contribution in [0.4, 0.5) is 10.5 Å². The predicted octanol–water partition coefficient (Wildman–Crippen LogP) is 2.77. The molecule has 2 aromatic rings. The minimum absolute atomic E-state index is 0.152. The van der Waals surface area contributed by atoms with Crippen LogP contribution in [-0.4, -0.2) is 63.7 Å². The Morgan fingerprint density at radius 1 is 1.21 bits per heavy atom. The van der Waals surface area contributed by atoms with Crippen LogP contribution >= 0.6 is 0 Å². The van der Waals surface area contributed by atoms with Crippen LogP contribution in [0, 0.1) is 5.41 Å². The lowest BCUT2D eigenvalue weighted by Crippen LogP contribution is -2.43. The molecule has 0 aliphatic carbocycles. The van der Waals surface area contributed by atoms with Gasteiger partial charge < -0.3 is 14.5 Å². The van der Waals surface area contributed by atoms with E-state index in [0.717, 1.165) is 63.1 Å². The van der Waals surface area contributed by atoms with Crippen molar-refractivity contribution in [3.05, 3.63) is 24.2 Å². The Kier molecular flexibility index (Phi) is 4.51. The van der Waals surface area contributed by atoms with E-state index in [1.54, 1.807) is 10.7 Å². The first-order chi connectivity index (χ1) is 13.3. The van der Waals surface area contributed by atoms with Crippen molar-refractivity contribution in [2.75, 3.05) is 31.1 Å². The summed E-state index contributed by atoms with van der Waals surface area (Å²) < 4.78 is 7.19. The summed E-state index contributed by atoms with van der Waals surface area (Å²) in [6.07, 6.45) is 6.83. The van der Waals surface area contributed by atoms with Crippen molar-refractivity contribution in [3.8, 4) is 0 Å². The molecule has 1 amide bonds. The fraction of sp³-hybridized carbons (Fsp3) is 0.600. The fourth-order valence-electron chi connectivity index (χ4n) is 4.27. The second kappa shape index (κ2) is 6.76. The number of hydrogen-bond acceptors (Lipinski definition) is 6. The van der Waals surface area contributed by atoms with Crippen molar-refractivity contribution in [2.24, 2.45) is 5.41 Å². The number of ether oxygens (including phenoxy) is 1. The van der Waals surface area contributed by atoms with Gasteiger partial charge in [-0.1, -0.05) is 0 Å². The summed E-state index contributed by atoms with van der Waals surface area (Å²) in [4.78, 5) is 32.2. The van der Waals surface area contributed by atoms with Crippen LogP contribution in [0.3, 0.4) is 0 Å². The zero-order chi connectivity index (χ0) is 19.9. The number of carbonyl (C=O) groups is 2. The lowest BCUT2D eigenvalue weighted by atomic mass is 9.77. The van der Waals surface area contributed by atoms with Crippen molar-refractivity contribution in [1.82, 2.24) is 19.5 Å². The lowest BCUT2D eigenvalue weighted by molar-refractivity contribution is 0.0266. The molecule has 0 N–H and O–H groups in total. The van der Waals surface area contributed by atoms with E-state index < -0.39 is 5.60 Å². The number of pyridine rings is 1. The van der Waals surface area contributed by atoms with Gasteiger partial charge in [-0.25, -0.2) is 14.3 Å². The maximum absolute atomic E-state index is 12.4. The summed E-state index contributed by atoms with van der Waals surface area (Å²) in [6, 6.07) is 1.89. The number of amides is 1. The van der Waals surface area contributed by atoms with Crippen molar-refractivity contribution < 1.29 is 14.3 Å². The summed E-state index contributed by atoms with van der Waals surface area (Å²) in [5.41, 5.74) is 1.98. The van der Waals surface area contributed by atoms with Gasteiger partial charge in [-0.2, -0.15) is 5.10 Å². The molecule has 0 saturated carbocycles. The molecule has 2 aliphatic rings. The zero-order valence-electron chi connectivity index (χ0n) is 16.7. The molecular formula is C20H27N5O3. The normalized spacial score (nSPS) is 19.4. The number of piperidine rings is 1. The van der Waals surface area contributed by atoms with Crippen LogP contribution in [-0.2, 0) is 4.74 Å². The van der Waals surface area contributed by atoms with Crippen LogP contribution in [0.2, 0.25) is 0 Å². The minimum atomic E-state index is -0.469. The second-order valence-corrected chi connectivity index (χ2v) is 8.94. The van der Waals surface area contributed by atoms with Crippen LogP contribution in [0.15, 0.2) is 18.6 Å². The Balaban J connectivity index is 1.45. The molecule has 2 saturated heterocycles. The topological polar surface area (TPSA) is 80.0 Å². The molecule has 28 heavy (non-hydrogen) atoms. The number of likely N-dealkylation sites (tertiary alicyclic amines) is 1. The van der Waals surface area contributed by atoms with Gasteiger partial charge >= 0.3 is 6.09 Å². The highest BCUT2D eigenvalue weighted by Crippen LogP contribution is 2.42. The van der Waals surface area contributed by atoms with E-state index in [0.29, 0.717) is 5.56 Å². The van der Waals surface area contributed by atoms with E-state index in [9.17, 15) is 9.59 Å². The number of fused-ring (bicyclic) bond motifs is 1. The Bertz CT molecular complexity index is 893. The molecule has 4 rings (SSSR count). The number of anilines is 1. The highest BCUT2D eigenvalue weighted by molar-refractivity contribution is 5.81. The Morgan fingerprint density at radius 2 is 1.93 bits per heavy atom. The Morgan fingerprint density at radius 3 is 2.61 bits per heavy atom. The third-order valence-electron chi connectivity index (χ3n) is 5.77. The molecule has 0 bridgehead atoms. The number of aromatic nitrogens is 3. The number of carbonyl (C=O) groups excluding carboxylic acids is 2. The van der Waals surface area contributed by atoms with Gasteiger partial charge in [0.05, 0.1) is 5.69 Å². The molecule has 150 valence electrons. The van der Waals surface area contributed by atoms with E-state index >= 15 is 0 Å². The monoisotopic (exact) mass is 385 g/mol. The Hall–Kier alpha value is -2.64. The molecule has 8 heteroatoms. The first-order valence-corrected chi connectivity index (χ1v) is 9.80. The molecule has 2 aromatic heterocycles. The minimum Gasteiger partial charge on any atom is -0.444 e. The molecule has 2 fully saturated rings. The van der Waals surface area contributed by atoms with Gasteiger partial charge in [0.25, 0.3) is 0 Å². The van der Waals surface area contributed by atoms with Crippen LogP contribution in [0.5, 0.6) is 0 Å². The highest BCUT2D eigenvalue weighted by atomic mass is 16.6. The quantitative estimate of drug-likeness (QED) is 0.740. The van der Waals surface area contributed by atoms with E-state index in [1.807, 2.05) is 31.7 Å². The first-order valence-electron chi connectivity index (χ1n) is 9.80. The van der Waals surface area contributed by atoms with E-state index in [4.69, 9.17) is 4.74 Å². The number of aldehydes is 1. The van der Waals surface area contributed by atoms with Gasteiger partial charge in [-0.3, -0.25) is 4.79 Å². The SMILES string of the molecule is CC(C)(C)OC(=O)N1CCC2(CCN(c3cc(C=O)cn4ncnc34)CC2)C1. The average Bonchev–Trinajstić information content (AvgIpc) is 3.27. The van der Waals surface area contributed by atoms with Gasteiger partial charge in [0.1, 0.15) is 11.9 Å². The third kappa shape index (κ3) is 3.55. The zero-order valence-corrected chi connectivity index (χ0v) is 16.7. The summed E-state index contributed by atoms with van der Waals surface area (Å²) >= 11 is 0. The summed E-state index contributed by atoms with van der Waals surface area (Å²) in [7, 11) is 0. The van der Waals surface area contributed by atoms with Crippen molar-refractivity contribution in [2.45, 2.75) is 45.6 Å². The third-order valence-corrected chi connectivity index (χ3v) is 5.77.